The Morgan fingerprint density at radius 2 is 2.46 bits per heavy atom. The third kappa shape index (κ3) is 2.42. The number of rotatable bonds is 4. The van der Waals surface area contributed by atoms with Crippen molar-refractivity contribution in [3.63, 3.8) is 0 Å². The molecule has 1 rings (SSSR count). The fraction of sp³-hybridized carbons (Fsp3) is 0.500. The van der Waals surface area contributed by atoms with Crippen LogP contribution >= 0.6 is 0 Å². The molecular weight excluding hydrogens is 162 g/mol. The number of nitrogens with one attached hydrogen (secondary N) is 1. The minimum atomic E-state index is 0.275. The van der Waals surface area contributed by atoms with Gasteiger partial charge in [0.25, 0.3) is 0 Å². The summed E-state index contributed by atoms with van der Waals surface area (Å²) in [5.74, 6) is 1.06. The van der Waals surface area contributed by atoms with Crippen molar-refractivity contribution in [2.24, 2.45) is 7.05 Å². The number of nitrogens with zero attached hydrogens (tertiary/aromatic N) is 2. The van der Waals surface area contributed by atoms with Crippen LogP contribution in [0.1, 0.15) is 25.2 Å². The number of hydrogen-bond donors (Lipinski definition) is 1. The number of imidazole rings is 1. The summed E-state index contributed by atoms with van der Waals surface area (Å²) in [6.45, 7) is 5.94. The van der Waals surface area contributed by atoms with Crippen molar-refractivity contribution in [2.75, 3.05) is 7.05 Å². The first-order chi connectivity index (χ1) is 6.15. The van der Waals surface area contributed by atoms with E-state index < -0.39 is 0 Å². The molecule has 0 spiro atoms. The van der Waals surface area contributed by atoms with E-state index in [0.29, 0.717) is 0 Å². The van der Waals surface area contributed by atoms with Gasteiger partial charge in [0.2, 0.25) is 0 Å². The van der Waals surface area contributed by atoms with Gasteiger partial charge in [0.05, 0.1) is 6.04 Å². The van der Waals surface area contributed by atoms with Crippen LogP contribution in [0.2, 0.25) is 0 Å². The normalized spacial score (nSPS) is 12.8. The van der Waals surface area contributed by atoms with Gasteiger partial charge in [-0.15, -0.1) is 6.58 Å². The summed E-state index contributed by atoms with van der Waals surface area (Å²) in [6, 6.07) is 0.275. The first-order valence-corrected chi connectivity index (χ1v) is 4.44. The van der Waals surface area contributed by atoms with E-state index in [1.165, 1.54) is 5.57 Å². The Bertz CT molecular complexity index is 288. The van der Waals surface area contributed by atoms with Crippen LogP contribution in [-0.4, -0.2) is 16.6 Å². The van der Waals surface area contributed by atoms with E-state index >= 15 is 0 Å². The Kier molecular flexibility index (Phi) is 3.25. The quantitative estimate of drug-likeness (QED) is 0.712. The van der Waals surface area contributed by atoms with Gasteiger partial charge in [0, 0.05) is 19.4 Å². The van der Waals surface area contributed by atoms with Crippen LogP contribution in [0.25, 0.3) is 0 Å². The molecule has 0 amide bonds. The van der Waals surface area contributed by atoms with Crippen molar-refractivity contribution in [3.05, 3.63) is 30.4 Å². The highest BCUT2D eigenvalue weighted by Crippen LogP contribution is 2.17. The van der Waals surface area contributed by atoms with Gasteiger partial charge >= 0.3 is 0 Å². The van der Waals surface area contributed by atoms with E-state index in [-0.39, 0.29) is 6.04 Å². The van der Waals surface area contributed by atoms with Gasteiger partial charge < -0.3 is 9.88 Å². The fourth-order valence-electron chi connectivity index (χ4n) is 1.38. The van der Waals surface area contributed by atoms with Crippen LogP contribution in [0.15, 0.2) is 24.5 Å². The van der Waals surface area contributed by atoms with E-state index in [0.717, 1.165) is 12.2 Å². The lowest BCUT2D eigenvalue weighted by atomic mass is 10.1. The molecule has 0 aromatic carbocycles. The molecule has 0 aliphatic rings. The van der Waals surface area contributed by atoms with Gasteiger partial charge in [-0.1, -0.05) is 5.57 Å². The molecule has 13 heavy (non-hydrogen) atoms. The monoisotopic (exact) mass is 179 g/mol. The van der Waals surface area contributed by atoms with E-state index in [1.54, 1.807) is 0 Å². The summed E-state index contributed by atoms with van der Waals surface area (Å²) < 4.78 is 2.03. The first-order valence-electron chi connectivity index (χ1n) is 4.44. The molecule has 1 aromatic heterocycles. The minimum absolute atomic E-state index is 0.275. The molecule has 0 bridgehead atoms. The maximum Gasteiger partial charge on any atom is 0.125 e. The summed E-state index contributed by atoms with van der Waals surface area (Å²) in [5, 5.41) is 3.23. The second-order valence-corrected chi connectivity index (χ2v) is 3.40. The Morgan fingerprint density at radius 3 is 2.85 bits per heavy atom. The first kappa shape index (κ1) is 9.99. The third-order valence-corrected chi connectivity index (χ3v) is 2.07. The van der Waals surface area contributed by atoms with Crippen molar-refractivity contribution in [2.45, 2.75) is 19.4 Å². The van der Waals surface area contributed by atoms with Crippen molar-refractivity contribution in [1.29, 1.82) is 0 Å². The number of aryl methyl sites for hydroxylation is 1. The molecule has 0 radical (unpaired) electrons. The van der Waals surface area contributed by atoms with E-state index in [1.807, 2.05) is 38.0 Å². The molecule has 0 saturated heterocycles. The molecular formula is C10H17N3. The molecule has 3 heteroatoms. The second kappa shape index (κ2) is 4.23. The molecule has 0 fully saturated rings. The Balaban J connectivity index is 2.78. The van der Waals surface area contributed by atoms with Crippen molar-refractivity contribution < 1.29 is 0 Å². The highest BCUT2D eigenvalue weighted by atomic mass is 15.1. The topological polar surface area (TPSA) is 29.9 Å². The molecule has 1 heterocycles. The molecule has 1 atom stereocenters. The molecule has 0 aliphatic heterocycles. The van der Waals surface area contributed by atoms with Crippen LogP contribution in [0.5, 0.6) is 0 Å². The fourth-order valence-corrected chi connectivity index (χ4v) is 1.38. The summed E-state index contributed by atoms with van der Waals surface area (Å²) in [5.41, 5.74) is 1.17. The summed E-state index contributed by atoms with van der Waals surface area (Å²) in [7, 11) is 3.95. The standard InChI is InChI=1S/C10H17N3/c1-8(2)7-9(11-3)10-12-5-6-13(10)4/h5-6,9,11H,1,7H2,2-4H3. The van der Waals surface area contributed by atoms with Crippen LogP contribution < -0.4 is 5.32 Å². The van der Waals surface area contributed by atoms with Crippen LogP contribution in [0.4, 0.5) is 0 Å². The zero-order valence-electron chi connectivity index (χ0n) is 8.54. The second-order valence-electron chi connectivity index (χ2n) is 3.40. The largest absolute Gasteiger partial charge is 0.337 e. The van der Waals surface area contributed by atoms with Crippen molar-refractivity contribution >= 4 is 0 Å². The van der Waals surface area contributed by atoms with Crippen LogP contribution in [0.3, 0.4) is 0 Å². The Morgan fingerprint density at radius 1 is 1.77 bits per heavy atom. The molecule has 1 aromatic rings. The van der Waals surface area contributed by atoms with Gasteiger partial charge in [0.1, 0.15) is 5.82 Å². The molecule has 0 aliphatic carbocycles. The van der Waals surface area contributed by atoms with E-state index in [4.69, 9.17) is 0 Å². The molecule has 1 unspecified atom stereocenters. The highest BCUT2D eigenvalue weighted by molar-refractivity contribution is 5.04. The summed E-state index contributed by atoms with van der Waals surface area (Å²) in [4.78, 5) is 4.30. The van der Waals surface area contributed by atoms with Gasteiger partial charge in [0.15, 0.2) is 0 Å². The Labute approximate surface area is 79.5 Å². The van der Waals surface area contributed by atoms with Gasteiger partial charge in [-0.2, -0.15) is 0 Å². The maximum absolute atomic E-state index is 4.30. The lowest BCUT2D eigenvalue weighted by molar-refractivity contribution is 0.537. The van der Waals surface area contributed by atoms with Gasteiger partial charge in [-0.3, -0.25) is 0 Å². The molecule has 3 nitrogen and oxygen atoms in total. The van der Waals surface area contributed by atoms with Gasteiger partial charge in [-0.25, -0.2) is 4.98 Å². The molecule has 0 saturated carbocycles. The summed E-state index contributed by atoms with van der Waals surface area (Å²) >= 11 is 0. The number of aromatic nitrogens is 2. The third-order valence-electron chi connectivity index (χ3n) is 2.07. The average molecular weight is 179 g/mol. The predicted octanol–water partition coefficient (Wildman–Crippen LogP) is 1.65. The molecule has 1 N–H and O–H groups in total. The van der Waals surface area contributed by atoms with E-state index in [9.17, 15) is 0 Å². The van der Waals surface area contributed by atoms with Crippen molar-refractivity contribution in [3.8, 4) is 0 Å². The zero-order chi connectivity index (χ0) is 9.84. The highest BCUT2D eigenvalue weighted by Gasteiger charge is 2.12. The lowest BCUT2D eigenvalue weighted by Crippen LogP contribution is -2.20. The van der Waals surface area contributed by atoms with Crippen molar-refractivity contribution in [1.82, 2.24) is 14.9 Å². The summed E-state index contributed by atoms with van der Waals surface area (Å²) in [6.07, 6.45) is 4.71. The predicted molar refractivity (Wildman–Crippen MR) is 54.4 cm³/mol. The lowest BCUT2D eigenvalue weighted by Gasteiger charge is -2.15. The zero-order valence-corrected chi connectivity index (χ0v) is 8.54. The van der Waals surface area contributed by atoms with Crippen LogP contribution in [-0.2, 0) is 7.05 Å². The smallest absolute Gasteiger partial charge is 0.125 e. The minimum Gasteiger partial charge on any atom is -0.337 e. The molecule has 72 valence electrons. The Hall–Kier alpha value is -1.09. The van der Waals surface area contributed by atoms with E-state index in [2.05, 4.69) is 16.9 Å². The number of hydrogen-bond acceptors (Lipinski definition) is 2. The SMILES string of the molecule is C=C(C)CC(NC)c1nccn1C. The maximum atomic E-state index is 4.30. The van der Waals surface area contributed by atoms with Crippen LogP contribution in [0, 0.1) is 0 Å². The van der Waals surface area contributed by atoms with Gasteiger partial charge in [-0.05, 0) is 20.4 Å². The average Bonchev–Trinajstić information content (AvgIpc) is 2.47.